The van der Waals surface area contributed by atoms with E-state index < -0.39 is 6.04 Å². The van der Waals surface area contributed by atoms with Crippen LogP contribution in [0.4, 0.5) is 0 Å². The van der Waals surface area contributed by atoms with Gasteiger partial charge < -0.3 is 14.2 Å². The molecule has 0 saturated carbocycles. The van der Waals surface area contributed by atoms with Crippen molar-refractivity contribution in [2.24, 2.45) is 0 Å². The normalized spacial score (nSPS) is 11.9. The lowest BCUT2D eigenvalue weighted by molar-refractivity contribution is -0.147. The van der Waals surface area contributed by atoms with E-state index in [9.17, 15) is 4.79 Å². The number of esters is 1. The van der Waals surface area contributed by atoms with Crippen LogP contribution in [0.15, 0.2) is 42.5 Å². The monoisotopic (exact) mass is 343 g/mol. The number of likely N-dealkylation sites (N-methyl/N-ethyl adjacent to an activating group) is 1. The van der Waals surface area contributed by atoms with E-state index in [-0.39, 0.29) is 5.97 Å². The summed E-state index contributed by atoms with van der Waals surface area (Å²) in [6.07, 6.45) is 0. The third-order valence-corrected chi connectivity index (χ3v) is 4.24. The Morgan fingerprint density at radius 3 is 2.20 bits per heavy atom. The van der Waals surface area contributed by atoms with Gasteiger partial charge in [0.05, 0.1) is 21.3 Å². The quantitative estimate of drug-likeness (QED) is 0.722. The van der Waals surface area contributed by atoms with Crippen molar-refractivity contribution in [2.75, 3.05) is 28.4 Å². The highest BCUT2D eigenvalue weighted by Gasteiger charge is 2.26. The summed E-state index contributed by atoms with van der Waals surface area (Å²) in [5.74, 6) is 1.08. The van der Waals surface area contributed by atoms with Crippen molar-refractivity contribution in [3.63, 3.8) is 0 Å². The summed E-state index contributed by atoms with van der Waals surface area (Å²) in [7, 11) is 6.55. The Balaban J connectivity index is 2.32. The Morgan fingerprint density at radius 2 is 1.64 bits per heavy atom. The summed E-state index contributed by atoms with van der Waals surface area (Å²) in [5.41, 5.74) is 3.03. The molecule has 25 heavy (non-hydrogen) atoms. The number of benzene rings is 2. The molecule has 0 amide bonds. The van der Waals surface area contributed by atoms with E-state index in [4.69, 9.17) is 14.2 Å². The van der Waals surface area contributed by atoms with E-state index in [2.05, 4.69) is 0 Å². The van der Waals surface area contributed by atoms with Gasteiger partial charge in [0.2, 0.25) is 0 Å². The van der Waals surface area contributed by atoms with Crippen LogP contribution in [0.25, 0.3) is 0 Å². The molecule has 1 atom stereocenters. The summed E-state index contributed by atoms with van der Waals surface area (Å²) in [5, 5.41) is 0. The molecule has 0 bridgehead atoms. The molecule has 2 aromatic rings. The fourth-order valence-electron chi connectivity index (χ4n) is 2.87. The first-order chi connectivity index (χ1) is 12.0. The topological polar surface area (TPSA) is 48.0 Å². The lowest BCUT2D eigenvalue weighted by Gasteiger charge is -2.27. The number of methoxy groups -OCH3 is 3. The van der Waals surface area contributed by atoms with Gasteiger partial charge in [0.15, 0.2) is 11.5 Å². The molecule has 2 aromatic carbocycles. The predicted molar refractivity (Wildman–Crippen MR) is 96.9 cm³/mol. The molecule has 0 N–H and O–H groups in total. The van der Waals surface area contributed by atoms with Crippen LogP contribution in [-0.4, -0.2) is 39.2 Å². The summed E-state index contributed by atoms with van der Waals surface area (Å²) in [4.78, 5) is 14.3. The minimum Gasteiger partial charge on any atom is -0.493 e. The summed E-state index contributed by atoms with van der Waals surface area (Å²) < 4.78 is 15.7. The number of hydrogen-bond donors (Lipinski definition) is 0. The van der Waals surface area contributed by atoms with Gasteiger partial charge in [0.25, 0.3) is 0 Å². The predicted octanol–water partition coefficient (Wildman–Crippen LogP) is 3.36. The fraction of sp³-hybridized carbons (Fsp3) is 0.350. The number of aryl methyl sites for hydroxylation is 1. The van der Waals surface area contributed by atoms with Crippen LogP contribution >= 0.6 is 0 Å². The maximum Gasteiger partial charge on any atom is 0.327 e. The zero-order valence-electron chi connectivity index (χ0n) is 15.4. The van der Waals surface area contributed by atoms with Crippen LogP contribution in [0.5, 0.6) is 11.5 Å². The molecule has 0 saturated heterocycles. The van der Waals surface area contributed by atoms with Gasteiger partial charge in [-0.15, -0.1) is 0 Å². The molecule has 0 heterocycles. The van der Waals surface area contributed by atoms with Crippen molar-refractivity contribution in [3.05, 3.63) is 59.2 Å². The van der Waals surface area contributed by atoms with E-state index in [0.29, 0.717) is 18.0 Å². The van der Waals surface area contributed by atoms with E-state index >= 15 is 0 Å². The van der Waals surface area contributed by atoms with Gasteiger partial charge in [-0.25, -0.2) is 4.79 Å². The molecule has 0 aliphatic rings. The van der Waals surface area contributed by atoms with Crippen LogP contribution in [0.3, 0.4) is 0 Å². The maximum atomic E-state index is 12.3. The van der Waals surface area contributed by atoms with Crippen molar-refractivity contribution in [3.8, 4) is 11.5 Å². The molecule has 2 rings (SSSR count). The molecule has 134 valence electrons. The Kier molecular flexibility index (Phi) is 6.42. The van der Waals surface area contributed by atoms with E-state index in [1.807, 2.05) is 61.3 Å². The van der Waals surface area contributed by atoms with Gasteiger partial charge in [-0.05, 0) is 42.8 Å². The van der Waals surface area contributed by atoms with E-state index in [1.54, 1.807) is 14.2 Å². The first-order valence-corrected chi connectivity index (χ1v) is 8.06. The summed E-state index contributed by atoms with van der Waals surface area (Å²) in [6.45, 7) is 2.58. The molecule has 0 aromatic heterocycles. The van der Waals surface area contributed by atoms with Crippen molar-refractivity contribution < 1.29 is 19.0 Å². The largest absolute Gasteiger partial charge is 0.493 e. The Hall–Kier alpha value is -2.53. The van der Waals surface area contributed by atoms with Crippen LogP contribution in [-0.2, 0) is 16.1 Å². The van der Waals surface area contributed by atoms with E-state index in [0.717, 1.165) is 16.7 Å². The molecule has 1 unspecified atom stereocenters. The standard InChI is InChI=1S/C20H25NO4/c1-14-11-17(23-3)18(24-4)12-16(14)13-21(2)19(20(22)25-5)15-9-7-6-8-10-15/h6-12,19H,13H2,1-5H3. The van der Waals surface area contributed by atoms with Gasteiger partial charge in [0, 0.05) is 6.54 Å². The number of carbonyl (C=O) groups is 1. The Morgan fingerprint density at radius 1 is 1.04 bits per heavy atom. The van der Waals surface area contributed by atoms with Crippen LogP contribution in [0.1, 0.15) is 22.7 Å². The van der Waals surface area contributed by atoms with Gasteiger partial charge in [-0.3, -0.25) is 4.90 Å². The second-order valence-corrected chi connectivity index (χ2v) is 5.89. The highest BCUT2D eigenvalue weighted by Crippen LogP contribution is 2.32. The van der Waals surface area contributed by atoms with Crippen LogP contribution in [0.2, 0.25) is 0 Å². The van der Waals surface area contributed by atoms with Gasteiger partial charge in [-0.2, -0.15) is 0 Å². The average molecular weight is 343 g/mol. The zero-order chi connectivity index (χ0) is 18.4. The molecular weight excluding hydrogens is 318 g/mol. The summed E-state index contributed by atoms with van der Waals surface area (Å²) >= 11 is 0. The SMILES string of the molecule is COC(=O)C(c1ccccc1)N(C)Cc1cc(OC)c(OC)cc1C. The number of hydrogen-bond acceptors (Lipinski definition) is 5. The molecule has 0 aliphatic heterocycles. The van der Waals surface area contributed by atoms with Gasteiger partial charge in [0.1, 0.15) is 6.04 Å². The number of ether oxygens (including phenoxy) is 3. The summed E-state index contributed by atoms with van der Waals surface area (Å²) in [6, 6.07) is 13.0. The minimum atomic E-state index is -0.473. The molecule has 5 nitrogen and oxygen atoms in total. The van der Waals surface area contributed by atoms with Crippen molar-refractivity contribution >= 4 is 5.97 Å². The lowest BCUT2D eigenvalue weighted by atomic mass is 10.0. The highest BCUT2D eigenvalue weighted by molar-refractivity contribution is 5.77. The van der Waals surface area contributed by atoms with E-state index in [1.165, 1.54) is 7.11 Å². The molecule has 0 fully saturated rings. The van der Waals surface area contributed by atoms with Crippen molar-refractivity contribution in [1.82, 2.24) is 4.90 Å². The fourth-order valence-corrected chi connectivity index (χ4v) is 2.87. The first kappa shape index (κ1) is 18.8. The smallest absolute Gasteiger partial charge is 0.327 e. The zero-order valence-corrected chi connectivity index (χ0v) is 15.4. The number of nitrogens with zero attached hydrogens (tertiary/aromatic N) is 1. The maximum absolute atomic E-state index is 12.3. The Bertz CT molecular complexity index is 715. The van der Waals surface area contributed by atoms with Gasteiger partial charge >= 0.3 is 5.97 Å². The average Bonchev–Trinajstić information content (AvgIpc) is 2.63. The number of rotatable bonds is 7. The highest BCUT2D eigenvalue weighted by atomic mass is 16.5. The molecular formula is C20H25NO4. The van der Waals surface area contributed by atoms with Crippen LogP contribution in [0, 0.1) is 6.92 Å². The van der Waals surface area contributed by atoms with Crippen molar-refractivity contribution in [1.29, 1.82) is 0 Å². The van der Waals surface area contributed by atoms with Crippen LogP contribution < -0.4 is 9.47 Å². The molecule has 0 aliphatic carbocycles. The second kappa shape index (κ2) is 8.53. The second-order valence-electron chi connectivity index (χ2n) is 5.89. The minimum absolute atomic E-state index is 0.285. The van der Waals surface area contributed by atoms with Gasteiger partial charge in [-0.1, -0.05) is 30.3 Å². The Labute approximate surface area is 149 Å². The number of carbonyl (C=O) groups excluding carboxylic acids is 1. The third-order valence-electron chi connectivity index (χ3n) is 4.24. The third kappa shape index (κ3) is 4.31. The lowest BCUT2D eigenvalue weighted by Crippen LogP contribution is -2.31. The first-order valence-electron chi connectivity index (χ1n) is 8.06. The molecule has 5 heteroatoms. The van der Waals surface area contributed by atoms with Crippen molar-refractivity contribution in [2.45, 2.75) is 19.5 Å². The molecule has 0 spiro atoms. The molecule has 0 radical (unpaired) electrons.